The van der Waals surface area contributed by atoms with Crippen LogP contribution in [0, 0.1) is 0 Å². The number of phenolic OH excluding ortho intramolecular Hbond substituents is 2. The van der Waals surface area contributed by atoms with E-state index in [1.54, 1.807) is 12.1 Å². The van der Waals surface area contributed by atoms with Crippen LogP contribution < -0.4 is 5.32 Å². The number of hydrogen-bond acceptors (Lipinski definition) is 4. The number of rotatable bonds is 1. The first kappa shape index (κ1) is 11.2. The molecule has 1 saturated heterocycles. The van der Waals surface area contributed by atoms with Gasteiger partial charge < -0.3 is 15.5 Å². The summed E-state index contributed by atoms with van der Waals surface area (Å²) >= 11 is 0. The van der Waals surface area contributed by atoms with Gasteiger partial charge in [-0.2, -0.15) is 0 Å². The van der Waals surface area contributed by atoms with Crippen molar-refractivity contribution in [2.75, 3.05) is 26.7 Å². The molecule has 16 heavy (non-hydrogen) atoms. The van der Waals surface area contributed by atoms with Gasteiger partial charge in [-0.15, -0.1) is 0 Å². The van der Waals surface area contributed by atoms with E-state index in [1.807, 2.05) is 6.07 Å². The fourth-order valence-electron chi connectivity index (χ4n) is 2.12. The molecule has 1 atom stereocenters. The zero-order chi connectivity index (χ0) is 11.5. The Labute approximate surface area is 95.5 Å². The number of hydrogen-bond donors (Lipinski definition) is 3. The van der Waals surface area contributed by atoms with Crippen molar-refractivity contribution in [1.29, 1.82) is 0 Å². The fraction of sp³-hybridized carbons (Fsp3) is 0.500. The van der Waals surface area contributed by atoms with Crippen molar-refractivity contribution in [3.63, 3.8) is 0 Å². The van der Waals surface area contributed by atoms with Crippen molar-refractivity contribution in [3.05, 3.63) is 23.8 Å². The second-order valence-corrected chi connectivity index (χ2v) is 4.30. The van der Waals surface area contributed by atoms with E-state index in [-0.39, 0.29) is 17.5 Å². The number of nitrogens with zero attached hydrogens (tertiary/aromatic N) is 1. The van der Waals surface area contributed by atoms with Crippen LogP contribution in [0.25, 0.3) is 0 Å². The first-order valence-electron chi connectivity index (χ1n) is 5.61. The minimum absolute atomic E-state index is 0.0462. The summed E-state index contributed by atoms with van der Waals surface area (Å²) < 4.78 is 0. The van der Waals surface area contributed by atoms with Gasteiger partial charge >= 0.3 is 0 Å². The molecule has 0 spiro atoms. The van der Waals surface area contributed by atoms with Crippen LogP contribution in [0.5, 0.6) is 11.5 Å². The summed E-state index contributed by atoms with van der Waals surface area (Å²) in [5, 5.41) is 22.2. The first-order valence-corrected chi connectivity index (χ1v) is 5.61. The molecule has 1 aliphatic rings. The lowest BCUT2D eigenvalue weighted by Crippen LogP contribution is -2.29. The Morgan fingerprint density at radius 3 is 2.88 bits per heavy atom. The first-order chi connectivity index (χ1) is 7.68. The van der Waals surface area contributed by atoms with E-state index < -0.39 is 0 Å². The largest absolute Gasteiger partial charge is 0.504 e. The highest BCUT2D eigenvalue weighted by Gasteiger charge is 2.19. The molecule has 1 aromatic carbocycles. The van der Waals surface area contributed by atoms with Crippen molar-refractivity contribution < 1.29 is 10.2 Å². The lowest BCUT2D eigenvalue weighted by atomic mass is 10.1. The molecular formula is C12H18N2O2. The topological polar surface area (TPSA) is 55.7 Å². The standard InChI is InChI=1S/C12H18N2O2/c1-14-6-2-5-13-8-10(14)9-3-4-11(15)12(16)7-9/h3-4,7,10,13,15-16H,2,5-6,8H2,1H3. The van der Waals surface area contributed by atoms with Crippen molar-refractivity contribution in [2.45, 2.75) is 12.5 Å². The Morgan fingerprint density at radius 2 is 2.12 bits per heavy atom. The van der Waals surface area contributed by atoms with Gasteiger partial charge in [0.2, 0.25) is 0 Å². The SMILES string of the molecule is CN1CCCNCC1c1ccc(O)c(O)c1. The van der Waals surface area contributed by atoms with E-state index >= 15 is 0 Å². The maximum absolute atomic E-state index is 9.50. The molecule has 2 rings (SSSR count). The quantitative estimate of drug-likeness (QED) is 0.622. The highest BCUT2D eigenvalue weighted by molar-refractivity contribution is 5.41. The van der Waals surface area contributed by atoms with Crippen molar-refractivity contribution >= 4 is 0 Å². The maximum atomic E-state index is 9.50. The number of likely N-dealkylation sites (N-methyl/N-ethyl adjacent to an activating group) is 1. The minimum atomic E-state index is -0.0621. The lowest BCUT2D eigenvalue weighted by Gasteiger charge is -2.25. The van der Waals surface area contributed by atoms with Crippen molar-refractivity contribution in [3.8, 4) is 11.5 Å². The summed E-state index contributed by atoms with van der Waals surface area (Å²) in [6.45, 7) is 2.95. The molecule has 0 saturated carbocycles. The van der Waals surface area contributed by atoms with Crippen molar-refractivity contribution in [1.82, 2.24) is 10.2 Å². The van der Waals surface area contributed by atoms with E-state index in [0.717, 1.165) is 31.6 Å². The van der Waals surface area contributed by atoms with Crippen LogP contribution in [0.15, 0.2) is 18.2 Å². The van der Waals surface area contributed by atoms with E-state index in [2.05, 4.69) is 17.3 Å². The van der Waals surface area contributed by atoms with Crippen LogP contribution in [0.1, 0.15) is 18.0 Å². The molecule has 1 heterocycles. The molecule has 4 nitrogen and oxygen atoms in total. The Hall–Kier alpha value is -1.26. The Morgan fingerprint density at radius 1 is 1.31 bits per heavy atom. The fourth-order valence-corrected chi connectivity index (χ4v) is 2.12. The molecule has 0 aromatic heterocycles. The molecule has 1 unspecified atom stereocenters. The summed E-state index contributed by atoms with van der Waals surface area (Å²) in [7, 11) is 2.08. The number of phenols is 2. The maximum Gasteiger partial charge on any atom is 0.157 e. The summed E-state index contributed by atoms with van der Waals surface area (Å²) in [6.07, 6.45) is 1.14. The number of benzene rings is 1. The van der Waals surface area contributed by atoms with Gasteiger partial charge in [-0.3, -0.25) is 4.90 Å². The normalized spacial score (nSPS) is 22.9. The van der Waals surface area contributed by atoms with Crippen LogP contribution in [0.2, 0.25) is 0 Å². The smallest absolute Gasteiger partial charge is 0.157 e. The van der Waals surface area contributed by atoms with Gasteiger partial charge in [0, 0.05) is 12.6 Å². The Balaban J connectivity index is 2.23. The van der Waals surface area contributed by atoms with Gasteiger partial charge in [0.05, 0.1) is 0 Å². The van der Waals surface area contributed by atoms with Crippen LogP contribution in [-0.2, 0) is 0 Å². The predicted octanol–water partition coefficient (Wildman–Crippen LogP) is 1.06. The zero-order valence-electron chi connectivity index (χ0n) is 9.48. The third kappa shape index (κ3) is 2.28. The average molecular weight is 222 g/mol. The summed E-state index contributed by atoms with van der Waals surface area (Å²) in [6, 6.07) is 5.31. The van der Waals surface area contributed by atoms with Crippen LogP contribution in [-0.4, -0.2) is 41.8 Å². The van der Waals surface area contributed by atoms with Gasteiger partial charge in [-0.05, 0) is 44.3 Å². The molecule has 1 aliphatic heterocycles. The molecule has 4 heteroatoms. The highest BCUT2D eigenvalue weighted by Crippen LogP contribution is 2.30. The van der Waals surface area contributed by atoms with Gasteiger partial charge in [0.25, 0.3) is 0 Å². The Bertz CT molecular complexity index is 368. The monoisotopic (exact) mass is 222 g/mol. The van der Waals surface area contributed by atoms with Crippen LogP contribution in [0.3, 0.4) is 0 Å². The van der Waals surface area contributed by atoms with E-state index in [0.29, 0.717) is 0 Å². The van der Waals surface area contributed by atoms with E-state index in [4.69, 9.17) is 0 Å². The van der Waals surface area contributed by atoms with E-state index in [9.17, 15) is 10.2 Å². The van der Waals surface area contributed by atoms with Gasteiger partial charge in [0.15, 0.2) is 11.5 Å². The van der Waals surface area contributed by atoms with Crippen LogP contribution in [0.4, 0.5) is 0 Å². The lowest BCUT2D eigenvalue weighted by molar-refractivity contribution is 0.261. The summed E-state index contributed by atoms with van der Waals surface area (Å²) in [5.41, 5.74) is 1.03. The van der Waals surface area contributed by atoms with Gasteiger partial charge in [0.1, 0.15) is 0 Å². The molecule has 88 valence electrons. The van der Waals surface area contributed by atoms with Crippen LogP contribution >= 0.6 is 0 Å². The van der Waals surface area contributed by atoms with Crippen molar-refractivity contribution in [2.24, 2.45) is 0 Å². The van der Waals surface area contributed by atoms with Gasteiger partial charge in [-0.25, -0.2) is 0 Å². The molecule has 3 N–H and O–H groups in total. The molecule has 0 radical (unpaired) electrons. The molecule has 1 aromatic rings. The number of nitrogens with one attached hydrogen (secondary N) is 1. The summed E-state index contributed by atoms with van der Waals surface area (Å²) in [5.74, 6) is -0.108. The zero-order valence-corrected chi connectivity index (χ0v) is 9.48. The predicted molar refractivity (Wildman–Crippen MR) is 62.6 cm³/mol. The average Bonchev–Trinajstić information content (AvgIpc) is 2.47. The second-order valence-electron chi connectivity index (χ2n) is 4.30. The number of aromatic hydroxyl groups is 2. The third-order valence-corrected chi connectivity index (χ3v) is 3.12. The molecule has 1 fully saturated rings. The second kappa shape index (κ2) is 4.72. The molecule has 0 aliphatic carbocycles. The third-order valence-electron chi connectivity index (χ3n) is 3.12. The molecular weight excluding hydrogens is 204 g/mol. The Kier molecular flexibility index (Phi) is 3.31. The van der Waals surface area contributed by atoms with E-state index in [1.165, 1.54) is 0 Å². The molecule has 0 amide bonds. The minimum Gasteiger partial charge on any atom is -0.504 e. The molecule has 0 bridgehead atoms. The van der Waals surface area contributed by atoms with Gasteiger partial charge in [-0.1, -0.05) is 6.07 Å². The highest BCUT2D eigenvalue weighted by atomic mass is 16.3. The summed E-state index contributed by atoms with van der Waals surface area (Å²) in [4.78, 5) is 2.27.